The molecule has 0 aliphatic carbocycles. The summed E-state index contributed by atoms with van der Waals surface area (Å²) in [6.45, 7) is 1.09. The fourth-order valence-electron chi connectivity index (χ4n) is 2.94. The summed E-state index contributed by atoms with van der Waals surface area (Å²) in [7, 11) is 0. The highest BCUT2D eigenvalue weighted by Crippen LogP contribution is 2.35. The Morgan fingerprint density at radius 2 is 1.90 bits per heavy atom. The van der Waals surface area contributed by atoms with Crippen LogP contribution in [0.15, 0.2) is 60.5 Å². The summed E-state index contributed by atoms with van der Waals surface area (Å²) in [6.07, 6.45) is 3.06. The van der Waals surface area contributed by atoms with Gasteiger partial charge >= 0.3 is 0 Å². The molecule has 1 amide bonds. The summed E-state index contributed by atoms with van der Waals surface area (Å²) in [4.78, 5) is 21.0. The molecule has 0 saturated heterocycles. The topological polar surface area (TPSA) is 91.2 Å². The first-order chi connectivity index (χ1) is 14.3. The third-order valence-electron chi connectivity index (χ3n) is 4.38. The van der Waals surface area contributed by atoms with Crippen LogP contribution in [-0.4, -0.2) is 38.9 Å². The van der Waals surface area contributed by atoms with Gasteiger partial charge < -0.3 is 9.47 Å². The van der Waals surface area contributed by atoms with Crippen molar-refractivity contribution in [3.05, 3.63) is 66.1 Å². The molecule has 0 saturated carbocycles. The molecule has 0 unspecified atom stereocenters. The Bertz CT molecular complexity index is 1160. The minimum Gasteiger partial charge on any atom is -0.486 e. The smallest absolute Gasteiger partial charge is 0.257 e. The summed E-state index contributed by atoms with van der Waals surface area (Å²) in [6, 6.07) is 12.8. The fourth-order valence-corrected chi connectivity index (χ4v) is 3.66. The van der Waals surface area contributed by atoms with Gasteiger partial charge in [0.2, 0.25) is 0 Å². The van der Waals surface area contributed by atoms with E-state index in [-0.39, 0.29) is 5.91 Å². The summed E-state index contributed by atoms with van der Waals surface area (Å²) < 4.78 is 12.8. The van der Waals surface area contributed by atoms with E-state index in [1.165, 1.54) is 17.7 Å². The van der Waals surface area contributed by atoms with Gasteiger partial charge in [-0.25, -0.2) is 14.6 Å². The molecular weight excluding hydrogens is 390 g/mol. The van der Waals surface area contributed by atoms with E-state index in [4.69, 9.17) is 9.47 Å². The number of nitrogens with zero attached hydrogens (tertiary/aromatic N) is 4. The maximum Gasteiger partial charge on any atom is 0.257 e. The molecule has 1 N–H and O–H groups in total. The summed E-state index contributed by atoms with van der Waals surface area (Å²) in [5.74, 6) is 1.22. The molecule has 29 heavy (non-hydrogen) atoms. The minimum absolute atomic E-state index is 0.224. The number of hydrogen-bond donors (Lipinski definition) is 1. The van der Waals surface area contributed by atoms with Gasteiger partial charge in [0.25, 0.3) is 5.91 Å². The molecule has 1 aliphatic heterocycles. The zero-order chi connectivity index (χ0) is 19.6. The first-order valence-corrected chi connectivity index (χ1v) is 9.76. The molecule has 1 aliphatic rings. The molecule has 0 spiro atoms. The van der Waals surface area contributed by atoms with Gasteiger partial charge in [0, 0.05) is 16.5 Å². The highest BCUT2D eigenvalue weighted by molar-refractivity contribution is 7.14. The van der Waals surface area contributed by atoms with Crippen molar-refractivity contribution in [3.63, 3.8) is 0 Å². The number of nitrogens with one attached hydrogen (secondary N) is 1. The predicted octanol–water partition coefficient (Wildman–Crippen LogP) is 3.41. The minimum atomic E-state index is -0.224. The van der Waals surface area contributed by atoms with Crippen LogP contribution in [0.3, 0.4) is 0 Å². The van der Waals surface area contributed by atoms with E-state index in [0.29, 0.717) is 29.7 Å². The van der Waals surface area contributed by atoms with E-state index in [1.807, 2.05) is 35.7 Å². The fraction of sp³-hybridized carbons (Fsp3) is 0.100. The van der Waals surface area contributed by atoms with Crippen molar-refractivity contribution in [2.24, 2.45) is 0 Å². The first kappa shape index (κ1) is 17.4. The van der Waals surface area contributed by atoms with Crippen LogP contribution in [0.2, 0.25) is 0 Å². The summed E-state index contributed by atoms with van der Waals surface area (Å²) >= 11 is 1.37. The maximum atomic E-state index is 12.5. The Hall–Kier alpha value is -3.72. The number of thiazole rings is 1. The van der Waals surface area contributed by atoms with Crippen LogP contribution in [-0.2, 0) is 0 Å². The molecule has 2 aromatic carbocycles. The second kappa shape index (κ2) is 7.36. The second-order valence-corrected chi connectivity index (χ2v) is 7.10. The van der Waals surface area contributed by atoms with Crippen molar-refractivity contribution in [2.45, 2.75) is 0 Å². The number of carbonyl (C=O) groups is 1. The Morgan fingerprint density at radius 3 is 2.69 bits per heavy atom. The lowest BCUT2D eigenvalue weighted by Gasteiger charge is -2.18. The molecular formula is C20H15N5O3S. The molecule has 0 atom stereocenters. The van der Waals surface area contributed by atoms with Gasteiger partial charge in [-0.2, -0.15) is 5.10 Å². The molecule has 0 bridgehead atoms. The van der Waals surface area contributed by atoms with Gasteiger partial charge in [-0.1, -0.05) is 0 Å². The van der Waals surface area contributed by atoms with E-state index in [2.05, 4.69) is 20.4 Å². The molecule has 5 rings (SSSR count). The summed E-state index contributed by atoms with van der Waals surface area (Å²) in [5.41, 5.74) is 3.03. The molecule has 0 fully saturated rings. The number of aromatic nitrogens is 4. The zero-order valence-corrected chi connectivity index (χ0v) is 15.9. The average molecular weight is 405 g/mol. The van der Waals surface area contributed by atoms with Gasteiger partial charge in [0.15, 0.2) is 16.6 Å². The van der Waals surface area contributed by atoms with Crippen molar-refractivity contribution in [3.8, 4) is 28.4 Å². The third-order valence-corrected chi connectivity index (χ3v) is 5.13. The van der Waals surface area contributed by atoms with E-state index < -0.39 is 0 Å². The van der Waals surface area contributed by atoms with Gasteiger partial charge in [0.05, 0.1) is 11.4 Å². The van der Waals surface area contributed by atoms with Crippen molar-refractivity contribution in [2.75, 3.05) is 18.5 Å². The number of fused-ring (bicyclic) bond motifs is 1. The van der Waals surface area contributed by atoms with Crippen molar-refractivity contribution < 1.29 is 14.3 Å². The molecule has 2 aromatic heterocycles. The van der Waals surface area contributed by atoms with Crippen LogP contribution in [0.5, 0.6) is 11.5 Å². The highest BCUT2D eigenvalue weighted by atomic mass is 32.1. The van der Waals surface area contributed by atoms with E-state index in [9.17, 15) is 4.79 Å². The number of carbonyl (C=O) groups excluding carboxylic acids is 1. The van der Waals surface area contributed by atoms with Crippen LogP contribution >= 0.6 is 11.3 Å². The second-order valence-electron chi connectivity index (χ2n) is 6.24. The predicted molar refractivity (Wildman–Crippen MR) is 108 cm³/mol. The lowest BCUT2D eigenvalue weighted by molar-refractivity contribution is 0.102. The summed E-state index contributed by atoms with van der Waals surface area (Å²) in [5, 5.41) is 9.34. The molecule has 8 nitrogen and oxygen atoms in total. The van der Waals surface area contributed by atoms with Gasteiger partial charge in [-0.05, 0) is 42.5 Å². The number of rotatable bonds is 4. The largest absolute Gasteiger partial charge is 0.486 e. The Labute approximate surface area is 169 Å². The molecule has 4 aromatic rings. The van der Waals surface area contributed by atoms with Crippen LogP contribution < -0.4 is 14.8 Å². The monoisotopic (exact) mass is 405 g/mol. The standard InChI is InChI=1S/C20H15N5O3S/c26-19(13-1-4-15(5-2-13)25-12-21-11-22-25)24-20-23-16(10-29-20)14-3-6-17-18(9-14)28-8-7-27-17/h1-6,9-12H,7-8H2,(H,23,24,26). The molecule has 0 radical (unpaired) electrons. The lowest BCUT2D eigenvalue weighted by atomic mass is 10.1. The average Bonchev–Trinajstić information content (AvgIpc) is 3.46. The maximum absolute atomic E-state index is 12.5. The van der Waals surface area contributed by atoms with Crippen LogP contribution in [0, 0.1) is 0 Å². The lowest BCUT2D eigenvalue weighted by Crippen LogP contribution is -2.15. The molecule has 3 heterocycles. The number of ether oxygens (including phenoxy) is 2. The van der Waals surface area contributed by atoms with Crippen molar-refractivity contribution in [1.82, 2.24) is 19.7 Å². The third kappa shape index (κ3) is 3.55. The highest BCUT2D eigenvalue weighted by Gasteiger charge is 2.15. The normalized spacial score (nSPS) is 12.6. The van der Waals surface area contributed by atoms with Gasteiger partial charge in [-0.15, -0.1) is 11.3 Å². The number of hydrogen-bond acceptors (Lipinski definition) is 7. The van der Waals surface area contributed by atoms with Crippen LogP contribution in [0.1, 0.15) is 10.4 Å². The number of anilines is 1. The first-order valence-electron chi connectivity index (χ1n) is 8.88. The van der Waals surface area contributed by atoms with Gasteiger partial charge in [-0.3, -0.25) is 10.1 Å². The van der Waals surface area contributed by atoms with Crippen LogP contribution in [0.25, 0.3) is 16.9 Å². The van der Waals surface area contributed by atoms with Crippen molar-refractivity contribution >= 4 is 22.4 Å². The molecule has 9 heteroatoms. The van der Waals surface area contributed by atoms with Crippen LogP contribution in [0.4, 0.5) is 5.13 Å². The quantitative estimate of drug-likeness (QED) is 0.559. The van der Waals surface area contributed by atoms with Gasteiger partial charge in [0.1, 0.15) is 25.9 Å². The number of benzene rings is 2. The van der Waals surface area contributed by atoms with E-state index in [0.717, 1.165) is 22.7 Å². The zero-order valence-electron chi connectivity index (χ0n) is 15.1. The SMILES string of the molecule is O=C(Nc1nc(-c2ccc3c(c2)OCCO3)cs1)c1ccc(-n2cncn2)cc1. The van der Waals surface area contributed by atoms with E-state index >= 15 is 0 Å². The van der Waals surface area contributed by atoms with E-state index in [1.54, 1.807) is 23.1 Å². The Balaban J connectivity index is 1.30. The van der Waals surface area contributed by atoms with Crippen molar-refractivity contribution in [1.29, 1.82) is 0 Å². The number of amides is 1. The Kier molecular flexibility index (Phi) is 4.41. The Morgan fingerprint density at radius 1 is 1.07 bits per heavy atom. The molecule has 144 valence electrons.